The summed E-state index contributed by atoms with van der Waals surface area (Å²) in [4.78, 5) is 13.2. The fraction of sp³-hybridized carbons (Fsp3) is 0.500. The Balaban J connectivity index is 2.16. The van der Waals surface area contributed by atoms with Crippen LogP contribution in [0.5, 0.6) is 0 Å². The molecule has 98 valence electrons. The van der Waals surface area contributed by atoms with Gasteiger partial charge in [0.2, 0.25) is 0 Å². The summed E-state index contributed by atoms with van der Waals surface area (Å²) >= 11 is 0. The number of nitrogens with zero attached hydrogens (tertiary/aromatic N) is 1. The number of halogens is 1. The van der Waals surface area contributed by atoms with Gasteiger partial charge in [-0.25, -0.2) is 9.18 Å². The van der Waals surface area contributed by atoms with Crippen LogP contribution in [-0.4, -0.2) is 29.1 Å². The molecule has 4 heteroatoms. The van der Waals surface area contributed by atoms with E-state index in [2.05, 4.69) is 11.8 Å². The molecule has 1 aliphatic rings. The molecule has 1 unspecified atom stereocenters. The molecular weight excluding hydrogens is 233 g/mol. The van der Waals surface area contributed by atoms with Gasteiger partial charge in [0.25, 0.3) is 0 Å². The zero-order valence-electron chi connectivity index (χ0n) is 10.7. The summed E-state index contributed by atoms with van der Waals surface area (Å²) in [7, 11) is 1.96. The molecule has 0 aromatic heterocycles. The Kier molecular flexibility index (Phi) is 3.66. The van der Waals surface area contributed by atoms with Gasteiger partial charge in [0.05, 0.1) is 5.56 Å². The van der Waals surface area contributed by atoms with E-state index in [1.165, 1.54) is 31.0 Å². The van der Waals surface area contributed by atoms with Gasteiger partial charge in [0.1, 0.15) is 5.82 Å². The largest absolute Gasteiger partial charge is 0.478 e. The molecule has 0 spiro atoms. The predicted molar refractivity (Wildman–Crippen MR) is 67.0 cm³/mol. The molecule has 1 N–H and O–H groups in total. The van der Waals surface area contributed by atoms with E-state index in [9.17, 15) is 9.18 Å². The molecule has 0 bridgehead atoms. The first-order valence-corrected chi connectivity index (χ1v) is 6.21. The Morgan fingerprint density at radius 1 is 1.56 bits per heavy atom. The summed E-state index contributed by atoms with van der Waals surface area (Å²) in [5, 5.41) is 9.09. The van der Waals surface area contributed by atoms with E-state index in [-0.39, 0.29) is 11.4 Å². The van der Waals surface area contributed by atoms with E-state index >= 15 is 0 Å². The molecule has 0 saturated heterocycles. The molecule has 1 fully saturated rings. The quantitative estimate of drug-likeness (QED) is 0.874. The Morgan fingerprint density at radius 2 is 2.22 bits per heavy atom. The Morgan fingerprint density at radius 3 is 2.78 bits per heavy atom. The molecule has 0 heterocycles. The number of rotatable bonds is 5. The highest BCUT2D eigenvalue weighted by Gasteiger charge is 2.30. The minimum atomic E-state index is -1.00. The van der Waals surface area contributed by atoms with Gasteiger partial charge in [-0.3, -0.25) is 4.90 Å². The number of hydrogen-bond acceptors (Lipinski definition) is 2. The number of aromatic carboxylic acids is 1. The van der Waals surface area contributed by atoms with Gasteiger partial charge in [-0.15, -0.1) is 0 Å². The molecule has 1 aromatic rings. The number of carboxylic acids is 1. The number of carboxylic acid groups (broad SMARTS) is 1. The van der Waals surface area contributed by atoms with Crippen molar-refractivity contribution in [2.24, 2.45) is 5.92 Å². The summed E-state index contributed by atoms with van der Waals surface area (Å²) in [6.07, 6.45) is 2.47. The average Bonchev–Trinajstić information content (AvgIpc) is 3.11. The summed E-state index contributed by atoms with van der Waals surface area (Å²) in [5.41, 5.74) is 0.726. The van der Waals surface area contributed by atoms with E-state index in [1.54, 1.807) is 0 Å². The first kappa shape index (κ1) is 13.0. The molecule has 18 heavy (non-hydrogen) atoms. The fourth-order valence-electron chi connectivity index (χ4n) is 2.25. The van der Waals surface area contributed by atoms with Gasteiger partial charge in [-0.1, -0.05) is 0 Å². The monoisotopic (exact) mass is 251 g/mol. The maximum atomic E-state index is 13.2. The van der Waals surface area contributed by atoms with Gasteiger partial charge >= 0.3 is 5.97 Å². The van der Waals surface area contributed by atoms with Crippen molar-refractivity contribution in [1.29, 1.82) is 0 Å². The van der Waals surface area contributed by atoms with Crippen molar-refractivity contribution in [2.75, 3.05) is 7.05 Å². The first-order valence-electron chi connectivity index (χ1n) is 6.21. The van der Waals surface area contributed by atoms with Gasteiger partial charge in [-0.2, -0.15) is 0 Å². The van der Waals surface area contributed by atoms with E-state index in [4.69, 9.17) is 5.11 Å². The molecule has 1 aromatic carbocycles. The van der Waals surface area contributed by atoms with Crippen molar-refractivity contribution in [3.63, 3.8) is 0 Å². The Labute approximate surface area is 106 Å². The number of hydrogen-bond donors (Lipinski definition) is 1. The van der Waals surface area contributed by atoms with Crippen LogP contribution in [0.15, 0.2) is 18.2 Å². The SMILES string of the molecule is CC(C1CC1)N(C)Cc1cc(F)ccc1C(=O)O. The second kappa shape index (κ2) is 5.06. The van der Waals surface area contributed by atoms with Crippen molar-refractivity contribution in [1.82, 2.24) is 4.90 Å². The second-order valence-electron chi connectivity index (χ2n) is 5.10. The van der Waals surface area contributed by atoms with Crippen LogP contribution in [0.3, 0.4) is 0 Å². The van der Waals surface area contributed by atoms with Gasteiger partial charge in [0.15, 0.2) is 0 Å². The molecule has 1 saturated carbocycles. The molecular formula is C14H18FNO2. The average molecular weight is 251 g/mol. The summed E-state index contributed by atoms with van der Waals surface area (Å²) in [6.45, 7) is 2.61. The van der Waals surface area contributed by atoms with Crippen molar-refractivity contribution in [3.8, 4) is 0 Å². The van der Waals surface area contributed by atoms with Crippen LogP contribution in [0.1, 0.15) is 35.7 Å². The van der Waals surface area contributed by atoms with Crippen LogP contribution in [0.4, 0.5) is 4.39 Å². The lowest BCUT2D eigenvalue weighted by Gasteiger charge is -2.25. The maximum absolute atomic E-state index is 13.2. The lowest BCUT2D eigenvalue weighted by molar-refractivity contribution is 0.0694. The van der Waals surface area contributed by atoms with Crippen LogP contribution in [0, 0.1) is 11.7 Å². The van der Waals surface area contributed by atoms with Crippen LogP contribution >= 0.6 is 0 Å². The second-order valence-corrected chi connectivity index (χ2v) is 5.10. The smallest absolute Gasteiger partial charge is 0.336 e. The molecule has 2 rings (SSSR count). The molecule has 0 aliphatic heterocycles. The normalized spacial score (nSPS) is 16.9. The molecule has 0 amide bonds. The van der Waals surface area contributed by atoms with E-state index in [0.29, 0.717) is 24.1 Å². The molecule has 0 radical (unpaired) electrons. The highest BCUT2D eigenvalue weighted by molar-refractivity contribution is 5.89. The Bertz CT molecular complexity index is 457. The minimum Gasteiger partial charge on any atom is -0.478 e. The fourth-order valence-corrected chi connectivity index (χ4v) is 2.25. The van der Waals surface area contributed by atoms with Gasteiger partial charge in [-0.05, 0) is 56.5 Å². The van der Waals surface area contributed by atoms with Crippen molar-refractivity contribution >= 4 is 5.97 Å². The van der Waals surface area contributed by atoms with Gasteiger partial charge in [0, 0.05) is 12.6 Å². The molecule has 3 nitrogen and oxygen atoms in total. The maximum Gasteiger partial charge on any atom is 0.336 e. The lowest BCUT2D eigenvalue weighted by atomic mass is 10.1. The third-order valence-electron chi connectivity index (χ3n) is 3.72. The topological polar surface area (TPSA) is 40.5 Å². The summed E-state index contributed by atoms with van der Waals surface area (Å²) in [6, 6.07) is 4.26. The summed E-state index contributed by atoms with van der Waals surface area (Å²) < 4.78 is 13.2. The van der Waals surface area contributed by atoms with E-state index < -0.39 is 5.97 Å². The van der Waals surface area contributed by atoms with E-state index in [0.717, 1.165) is 0 Å². The van der Waals surface area contributed by atoms with Crippen LogP contribution in [0.25, 0.3) is 0 Å². The van der Waals surface area contributed by atoms with Crippen molar-refractivity contribution in [2.45, 2.75) is 32.4 Å². The van der Waals surface area contributed by atoms with Gasteiger partial charge < -0.3 is 5.11 Å². The standard InChI is InChI=1S/C14H18FNO2/c1-9(10-3-4-10)16(2)8-11-7-12(15)5-6-13(11)14(17)18/h5-7,9-10H,3-4,8H2,1-2H3,(H,17,18). The number of benzene rings is 1. The minimum absolute atomic E-state index is 0.186. The zero-order valence-corrected chi connectivity index (χ0v) is 10.7. The Hall–Kier alpha value is -1.42. The van der Waals surface area contributed by atoms with E-state index in [1.807, 2.05) is 7.05 Å². The highest BCUT2D eigenvalue weighted by Crippen LogP contribution is 2.35. The molecule has 1 aliphatic carbocycles. The zero-order chi connectivity index (χ0) is 13.3. The molecule has 1 atom stereocenters. The van der Waals surface area contributed by atoms with Crippen LogP contribution in [0.2, 0.25) is 0 Å². The van der Waals surface area contributed by atoms with Crippen molar-refractivity contribution < 1.29 is 14.3 Å². The predicted octanol–water partition coefficient (Wildman–Crippen LogP) is 2.75. The lowest BCUT2D eigenvalue weighted by Crippen LogP contribution is -2.30. The summed E-state index contributed by atoms with van der Waals surface area (Å²) in [5.74, 6) is -0.684. The third-order valence-corrected chi connectivity index (χ3v) is 3.72. The van der Waals surface area contributed by atoms with Crippen LogP contribution < -0.4 is 0 Å². The highest BCUT2D eigenvalue weighted by atomic mass is 19.1. The van der Waals surface area contributed by atoms with Crippen LogP contribution in [-0.2, 0) is 6.54 Å². The third kappa shape index (κ3) is 2.88. The van der Waals surface area contributed by atoms with Crippen molar-refractivity contribution in [3.05, 3.63) is 35.1 Å². The first-order chi connectivity index (χ1) is 8.49. The number of carbonyl (C=O) groups is 1.